The molecular weight excluding hydrogens is 318 g/mol. The topological polar surface area (TPSA) is 72.5 Å². The Morgan fingerprint density at radius 1 is 1.32 bits per heavy atom. The molecule has 3 atom stereocenters. The van der Waals surface area contributed by atoms with Crippen molar-refractivity contribution < 1.29 is 14.3 Å². The molecule has 4 rings (SSSR count). The Hall–Kier alpha value is -2.44. The van der Waals surface area contributed by atoms with Gasteiger partial charge in [0, 0.05) is 30.5 Å². The number of hydrogen-bond acceptors (Lipinski definition) is 5. The van der Waals surface area contributed by atoms with Gasteiger partial charge in [-0.3, -0.25) is 4.79 Å². The maximum atomic E-state index is 12.3. The van der Waals surface area contributed by atoms with Crippen molar-refractivity contribution in [1.29, 1.82) is 0 Å². The predicted molar refractivity (Wildman–Crippen MR) is 93.8 cm³/mol. The number of ether oxygens (including phenoxy) is 2. The van der Waals surface area contributed by atoms with Crippen LogP contribution >= 0.6 is 0 Å². The molecule has 6 nitrogen and oxygen atoms in total. The van der Waals surface area contributed by atoms with E-state index in [0.29, 0.717) is 30.2 Å². The van der Waals surface area contributed by atoms with Crippen LogP contribution in [0.2, 0.25) is 0 Å². The lowest BCUT2D eigenvalue weighted by molar-refractivity contribution is 0.0160. The number of anilines is 1. The van der Waals surface area contributed by atoms with Gasteiger partial charge in [0.25, 0.3) is 5.91 Å². The lowest BCUT2D eigenvalue weighted by Gasteiger charge is -2.23. The van der Waals surface area contributed by atoms with Gasteiger partial charge in [-0.15, -0.1) is 0 Å². The average Bonchev–Trinajstić information content (AvgIpc) is 3.27. The van der Waals surface area contributed by atoms with Gasteiger partial charge >= 0.3 is 0 Å². The Morgan fingerprint density at radius 2 is 2.16 bits per heavy atom. The van der Waals surface area contributed by atoms with Crippen LogP contribution in [0.15, 0.2) is 42.6 Å². The molecule has 0 spiro atoms. The molecule has 130 valence electrons. The van der Waals surface area contributed by atoms with Gasteiger partial charge in [-0.2, -0.15) is 0 Å². The molecule has 2 aliphatic heterocycles. The van der Waals surface area contributed by atoms with E-state index in [0.717, 1.165) is 24.2 Å². The molecule has 0 aliphatic carbocycles. The number of amides is 1. The molecule has 2 saturated heterocycles. The zero-order valence-electron chi connectivity index (χ0n) is 14.1. The number of nitrogens with zero attached hydrogens (tertiary/aromatic N) is 1. The van der Waals surface area contributed by atoms with Crippen molar-refractivity contribution in [3.05, 3.63) is 53.7 Å². The van der Waals surface area contributed by atoms with Crippen molar-refractivity contribution in [2.75, 3.05) is 18.5 Å². The summed E-state index contributed by atoms with van der Waals surface area (Å²) >= 11 is 0. The van der Waals surface area contributed by atoms with Crippen LogP contribution in [0.4, 0.5) is 5.69 Å². The van der Waals surface area contributed by atoms with Gasteiger partial charge in [0.05, 0.1) is 24.4 Å². The fraction of sp³-hybridized carbons (Fsp3) is 0.368. The van der Waals surface area contributed by atoms with E-state index in [-0.39, 0.29) is 12.0 Å². The van der Waals surface area contributed by atoms with E-state index in [9.17, 15) is 4.79 Å². The number of morpholine rings is 1. The van der Waals surface area contributed by atoms with Gasteiger partial charge in [0.15, 0.2) is 0 Å². The highest BCUT2D eigenvalue weighted by atomic mass is 16.5. The Bertz CT molecular complexity index is 746. The van der Waals surface area contributed by atoms with Gasteiger partial charge in [0.2, 0.25) is 5.88 Å². The van der Waals surface area contributed by atoms with E-state index in [1.165, 1.54) is 6.20 Å². The van der Waals surface area contributed by atoms with Crippen LogP contribution in [0.3, 0.4) is 0 Å². The number of hydrogen-bond donors (Lipinski definition) is 2. The molecule has 2 aromatic rings. The third-order valence-electron chi connectivity index (χ3n) is 4.62. The second-order valence-corrected chi connectivity index (χ2v) is 6.32. The van der Waals surface area contributed by atoms with Crippen molar-refractivity contribution in [2.24, 2.45) is 0 Å². The molecule has 6 heteroatoms. The van der Waals surface area contributed by atoms with Crippen molar-refractivity contribution in [3.63, 3.8) is 0 Å². The molecule has 0 radical (unpaired) electrons. The average molecular weight is 339 g/mol. The standard InChI is InChI=1S/C19H21N3O3/c1-2-24-17-8-5-13(10-21-17)19(23)22-14-6-3-12(4-7-14)18-16-9-15(25-18)11-20-16/h3-8,10,15-16,18,20H,2,9,11H2,1H3,(H,22,23)/t15-,16-,18+/m0/s1. The lowest BCUT2D eigenvalue weighted by Crippen LogP contribution is -2.33. The number of benzene rings is 1. The Balaban J connectivity index is 1.39. The Labute approximate surface area is 146 Å². The molecule has 3 heterocycles. The highest BCUT2D eigenvalue weighted by Gasteiger charge is 2.41. The summed E-state index contributed by atoms with van der Waals surface area (Å²) in [6.07, 6.45) is 3.04. The van der Waals surface area contributed by atoms with E-state index in [1.807, 2.05) is 31.2 Å². The summed E-state index contributed by atoms with van der Waals surface area (Å²) < 4.78 is 11.3. The smallest absolute Gasteiger partial charge is 0.257 e. The first kappa shape index (κ1) is 16.1. The van der Waals surface area contributed by atoms with Crippen LogP contribution in [0.5, 0.6) is 5.88 Å². The summed E-state index contributed by atoms with van der Waals surface area (Å²) in [6, 6.07) is 11.6. The first-order valence-corrected chi connectivity index (χ1v) is 8.62. The van der Waals surface area contributed by atoms with Gasteiger partial charge in [-0.25, -0.2) is 4.98 Å². The lowest BCUT2D eigenvalue weighted by atomic mass is 10.0. The van der Waals surface area contributed by atoms with Gasteiger partial charge in [0.1, 0.15) is 0 Å². The number of carbonyl (C=O) groups is 1. The molecule has 2 fully saturated rings. The summed E-state index contributed by atoms with van der Waals surface area (Å²) in [6.45, 7) is 3.39. The van der Waals surface area contributed by atoms with Crippen LogP contribution < -0.4 is 15.4 Å². The van der Waals surface area contributed by atoms with E-state index < -0.39 is 0 Å². The summed E-state index contributed by atoms with van der Waals surface area (Å²) in [5, 5.41) is 6.36. The molecule has 2 N–H and O–H groups in total. The largest absolute Gasteiger partial charge is 0.478 e. The summed E-state index contributed by atoms with van der Waals surface area (Å²) in [5.74, 6) is 0.323. The summed E-state index contributed by atoms with van der Waals surface area (Å²) in [7, 11) is 0. The Kier molecular flexibility index (Phi) is 4.38. The number of rotatable bonds is 5. The monoisotopic (exact) mass is 339 g/mol. The maximum absolute atomic E-state index is 12.3. The summed E-state index contributed by atoms with van der Waals surface area (Å²) in [5.41, 5.74) is 2.38. The minimum absolute atomic E-state index is 0.110. The quantitative estimate of drug-likeness (QED) is 0.876. The highest BCUT2D eigenvalue weighted by molar-refractivity contribution is 6.04. The maximum Gasteiger partial charge on any atom is 0.257 e. The number of carbonyl (C=O) groups excluding carboxylic acids is 1. The molecule has 25 heavy (non-hydrogen) atoms. The highest BCUT2D eigenvalue weighted by Crippen LogP contribution is 2.37. The van der Waals surface area contributed by atoms with Crippen molar-refractivity contribution in [2.45, 2.75) is 31.6 Å². The molecule has 0 saturated carbocycles. The fourth-order valence-electron chi connectivity index (χ4n) is 3.39. The van der Waals surface area contributed by atoms with Gasteiger partial charge in [-0.05, 0) is 37.1 Å². The predicted octanol–water partition coefficient (Wildman–Crippen LogP) is 2.53. The van der Waals surface area contributed by atoms with Gasteiger partial charge < -0.3 is 20.1 Å². The van der Waals surface area contributed by atoms with E-state index >= 15 is 0 Å². The van der Waals surface area contributed by atoms with Crippen LogP contribution in [0.1, 0.15) is 35.4 Å². The SMILES string of the molecule is CCOc1ccc(C(=O)Nc2ccc([C@H]3O[C@@H]4CN[C@H]3C4)cc2)cn1. The number of nitrogens with one attached hydrogen (secondary N) is 2. The molecule has 2 bridgehead atoms. The molecule has 1 amide bonds. The zero-order chi connectivity index (χ0) is 17.2. The van der Waals surface area contributed by atoms with Crippen molar-refractivity contribution in [1.82, 2.24) is 10.3 Å². The minimum atomic E-state index is -0.193. The minimum Gasteiger partial charge on any atom is -0.478 e. The fourth-order valence-corrected chi connectivity index (χ4v) is 3.39. The first-order chi connectivity index (χ1) is 12.2. The van der Waals surface area contributed by atoms with E-state index in [4.69, 9.17) is 9.47 Å². The van der Waals surface area contributed by atoms with E-state index in [1.54, 1.807) is 12.1 Å². The summed E-state index contributed by atoms with van der Waals surface area (Å²) in [4.78, 5) is 16.4. The molecular formula is C19H21N3O3. The van der Waals surface area contributed by atoms with Gasteiger partial charge in [-0.1, -0.05) is 12.1 Å². The third-order valence-corrected chi connectivity index (χ3v) is 4.62. The third kappa shape index (κ3) is 3.36. The van der Waals surface area contributed by atoms with Crippen LogP contribution in [-0.2, 0) is 4.74 Å². The normalized spacial score (nSPS) is 24.3. The number of pyridine rings is 1. The molecule has 1 aromatic carbocycles. The van der Waals surface area contributed by atoms with Crippen LogP contribution in [-0.4, -0.2) is 36.2 Å². The van der Waals surface area contributed by atoms with Crippen molar-refractivity contribution >= 4 is 11.6 Å². The Morgan fingerprint density at radius 3 is 2.76 bits per heavy atom. The van der Waals surface area contributed by atoms with Crippen molar-refractivity contribution in [3.8, 4) is 5.88 Å². The number of fused-ring (bicyclic) bond motifs is 2. The molecule has 1 aromatic heterocycles. The van der Waals surface area contributed by atoms with E-state index in [2.05, 4.69) is 15.6 Å². The molecule has 0 unspecified atom stereocenters. The second-order valence-electron chi connectivity index (χ2n) is 6.32. The first-order valence-electron chi connectivity index (χ1n) is 8.62. The van der Waals surface area contributed by atoms with Crippen LogP contribution in [0.25, 0.3) is 0 Å². The second kappa shape index (κ2) is 6.82. The number of aromatic nitrogens is 1. The zero-order valence-corrected chi connectivity index (χ0v) is 14.1. The molecule has 2 aliphatic rings. The van der Waals surface area contributed by atoms with Crippen LogP contribution in [0, 0.1) is 0 Å².